The van der Waals surface area contributed by atoms with Crippen molar-refractivity contribution in [2.24, 2.45) is 0 Å². The smallest absolute Gasteiger partial charge is 0.172 e. The van der Waals surface area contributed by atoms with E-state index in [1.165, 1.54) is 6.33 Å². The summed E-state index contributed by atoms with van der Waals surface area (Å²) in [5.74, 6) is 3.78. The van der Waals surface area contributed by atoms with Crippen molar-refractivity contribution < 1.29 is 14.9 Å². The molecule has 3 rings (SSSR count). The lowest BCUT2D eigenvalue weighted by Gasteiger charge is -2.16. The Labute approximate surface area is 149 Å². The molecule has 134 valence electrons. The molecule has 1 aliphatic heterocycles. The third-order valence-electron chi connectivity index (χ3n) is 4.09. The lowest BCUT2D eigenvalue weighted by atomic mass is 10.2. The van der Waals surface area contributed by atoms with Crippen LogP contribution in [-0.4, -0.2) is 54.3 Å². The van der Waals surface area contributed by atoms with E-state index >= 15 is 0 Å². The second-order valence-electron chi connectivity index (χ2n) is 5.82. The van der Waals surface area contributed by atoms with Crippen LogP contribution in [0.3, 0.4) is 0 Å². The quantitative estimate of drug-likeness (QED) is 0.378. The van der Waals surface area contributed by atoms with Crippen molar-refractivity contribution in [3.63, 3.8) is 0 Å². The van der Waals surface area contributed by atoms with Gasteiger partial charge in [0.15, 0.2) is 22.1 Å². The summed E-state index contributed by atoms with van der Waals surface area (Å²) in [5, 5.41) is 20.1. The fourth-order valence-corrected chi connectivity index (χ4v) is 3.83. The van der Waals surface area contributed by atoms with Gasteiger partial charge in [-0.05, 0) is 12.8 Å². The third kappa shape index (κ3) is 3.72. The molecule has 0 amide bonds. The third-order valence-corrected chi connectivity index (χ3v) is 5.13. The average Bonchev–Trinajstić information content (AvgIpc) is 3.15. The summed E-state index contributed by atoms with van der Waals surface area (Å²) >= 11 is 1.56. The molecule has 1 saturated heterocycles. The van der Waals surface area contributed by atoms with Gasteiger partial charge in [0, 0.05) is 18.6 Å². The van der Waals surface area contributed by atoms with Crippen molar-refractivity contribution >= 4 is 28.7 Å². The number of aliphatic hydroxyl groups is 2. The first kappa shape index (κ1) is 17.9. The van der Waals surface area contributed by atoms with Gasteiger partial charge >= 0.3 is 0 Å². The number of rotatable bonds is 7. The predicted octanol–water partition coefficient (Wildman–Crippen LogP) is 0.945. The fraction of sp³-hybridized carbons (Fsp3) is 0.562. The maximum atomic E-state index is 10.0. The SMILES string of the molecule is C#CCCCCSc1nc2c(N)ncnc2n1[C@H]1CC(O)[C@@H](CO)O1. The first-order chi connectivity index (χ1) is 12.2. The molecule has 2 aromatic heterocycles. The fourth-order valence-electron chi connectivity index (χ4n) is 2.80. The summed E-state index contributed by atoms with van der Waals surface area (Å²) in [6, 6.07) is 0. The molecule has 1 fully saturated rings. The maximum absolute atomic E-state index is 10.0. The van der Waals surface area contributed by atoms with Gasteiger partial charge in [-0.2, -0.15) is 0 Å². The van der Waals surface area contributed by atoms with Gasteiger partial charge in [0.05, 0.1) is 12.7 Å². The standard InChI is InChI=1S/C16H21N5O3S/c1-2-3-4-5-6-25-16-20-13-14(17)18-9-19-15(13)21(16)12-7-10(23)11(8-22)24-12/h1,9-12,22-23H,3-8H2,(H2,17,18,19)/t10?,11-,12-/m1/s1. The molecule has 0 radical (unpaired) electrons. The molecule has 0 aliphatic carbocycles. The predicted molar refractivity (Wildman–Crippen MR) is 94.8 cm³/mol. The summed E-state index contributed by atoms with van der Waals surface area (Å²) in [4.78, 5) is 12.8. The largest absolute Gasteiger partial charge is 0.394 e. The Morgan fingerprint density at radius 1 is 1.44 bits per heavy atom. The van der Waals surface area contributed by atoms with Crippen LogP contribution >= 0.6 is 11.8 Å². The topological polar surface area (TPSA) is 119 Å². The number of aromatic nitrogens is 4. The Kier molecular flexibility index (Phi) is 5.75. The highest BCUT2D eigenvalue weighted by Crippen LogP contribution is 2.36. The lowest BCUT2D eigenvalue weighted by Crippen LogP contribution is -2.24. The number of thioether (sulfide) groups is 1. The summed E-state index contributed by atoms with van der Waals surface area (Å²) in [5.41, 5.74) is 7.00. The van der Waals surface area contributed by atoms with E-state index in [1.807, 2.05) is 4.57 Å². The van der Waals surface area contributed by atoms with E-state index in [0.29, 0.717) is 28.6 Å². The minimum absolute atomic E-state index is 0.240. The van der Waals surface area contributed by atoms with Gasteiger partial charge in [-0.3, -0.25) is 4.57 Å². The summed E-state index contributed by atoms with van der Waals surface area (Å²) in [6.45, 7) is -0.240. The average molecular weight is 363 g/mol. The first-order valence-electron chi connectivity index (χ1n) is 8.14. The van der Waals surface area contributed by atoms with E-state index in [0.717, 1.165) is 25.0 Å². The molecule has 4 N–H and O–H groups in total. The number of nitrogen functional groups attached to an aromatic ring is 1. The van der Waals surface area contributed by atoms with Crippen LogP contribution in [0.4, 0.5) is 5.82 Å². The Hall–Kier alpha value is -1.86. The van der Waals surface area contributed by atoms with Crippen LogP contribution < -0.4 is 5.73 Å². The minimum Gasteiger partial charge on any atom is -0.394 e. The molecule has 3 heterocycles. The van der Waals surface area contributed by atoms with Crippen molar-refractivity contribution in [2.45, 2.75) is 49.3 Å². The highest BCUT2D eigenvalue weighted by molar-refractivity contribution is 7.99. The van der Waals surface area contributed by atoms with E-state index in [2.05, 4.69) is 20.9 Å². The zero-order valence-corrected chi connectivity index (χ0v) is 14.5. The Morgan fingerprint density at radius 3 is 3.00 bits per heavy atom. The van der Waals surface area contributed by atoms with Crippen LogP contribution in [0.1, 0.15) is 31.9 Å². The van der Waals surface area contributed by atoms with E-state index in [4.69, 9.17) is 16.9 Å². The molecule has 0 saturated carbocycles. The number of imidazole rings is 1. The Balaban J connectivity index is 1.88. The van der Waals surface area contributed by atoms with Gasteiger partial charge in [-0.1, -0.05) is 11.8 Å². The zero-order valence-electron chi connectivity index (χ0n) is 13.7. The second kappa shape index (κ2) is 8.01. The first-order valence-corrected chi connectivity index (χ1v) is 9.13. The monoisotopic (exact) mass is 363 g/mol. The molecule has 2 aromatic rings. The molecule has 1 aliphatic rings. The van der Waals surface area contributed by atoms with Crippen LogP contribution in [0.25, 0.3) is 11.2 Å². The van der Waals surface area contributed by atoms with Crippen molar-refractivity contribution in [1.82, 2.24) is 19.5 Å². The van der Waals surface area contributed by atoms with Crippen LogP contribution in [0.5, 0.6) is 0 Å². The molecule has 0 aromatic carbocycles. The van der Waals surface area contributed by atoms with E-state index in [9.17, 15) is 10.2 Å². The van der Waals surface area contributed by atoms with Gasteiger partial charge in [-0.15, -0.1) is 12.3 Å². The second-order valence-corrected chi connectivity index (χ2v) is 6.88. The molecule has 9 heteroatoms. The lowest BCUT2D eigenvalue weighted by molar-refractivity contribution is -0.0457. The van der Waals surface area contributed by atoms with Crippen molar-refractivity contribution in [3.8, 4) is 12.3 Å². The van der Waals surface area contributed by atoms with Gasteiger partial charge in [0.2, 0.25) is 0 Å². The molecule has 1 unspecified atom stereocenters. The summed E-state index contributed by atoms with van der Waals surface area (Å²) < 4.78 is 7.61. The number of nitrogens with two attached hydrogens (primary N) is 1. The van der Waals surface area contributed by atoms with Crippen LogP contribution in [-0.2, 0) is 4.74 Å². The molecule has 3 atom stereocenters. The molecule has 25 heavy (non-hydrogen) atoms. The molecule has 8 nitrogen and oxygen atoms in total. The number of ether oxygens (including phenoxy) is 1. The number of hydrogen-bond acceptors (Lipinski definition) is 8. The van der Waals surface area contributed by atoms with Crippen molar-refractivity contribution in [3.05, 3.63) is 6.33 Å². The number of hydrogen-bond donors (Lipinski definition) is 3. The number of fused-ring (bicyclic) bond motifs is 1. The minimum atomic E-state index is -0.736. The van der Waals surface area contributed by atoms with Gasteiger partial charge < -0.3 is 20.7 Å². The number of aliphatic hydroxyl groups excluding tert-OH is 2. The zero-order chi connectivity index (χ0) is 17.8. The van der Waals surface area contributed by atoms with E-state index in [-0.39, 0.29) is 6.61 Å². The number of unbranched alkanes of at least 4 members (excludes halogenated alkanes) is 2. The Bertz CT molecular complexity index is 775. The number of nitrogens with zero attached hydrogens (tertiary/aromatic N) is 4. The summed E-state index contributed by atoms with van der Waals surface area (Å²) in [6.07, 6.45) is 7.87. The van der Waals surface area contributed by atoms with Crippen LogP contribution in [0.15, 0.2) is 11.5 Å². The number of terminal acetylenes is 1. The molecular weight excluding hydrogens is 342 g/mol. The maximum Gasteiger partial charge on any atom is 0.172 e. The van der Waals surface area contributed by atoms with E-state index < -0.39 is 18.4 Å². The normalized spacial score (nSPS) is 23.2. The van der Waals surface area contributed by atoms with Gasteiger partial charge in [0.1, 0.15) is 18.7 Å². The van der Waals surface area contributed by atoms with Gasteiger partial charge in [0.25, 0.3) is 0 Å². The van der Waals surface area contributed by atoms with Crippen molar-refractivity contribution in [1.29, 1.82) is 0 Å². The van der Waals surface area contributed by atoms with Gasteiger partial charge in [-0.25, -0.2) is 15.0 Å². The Morgan fingerprint density at radius 2 is 2.28 bits per heavy atom. The molecular formula is C16H21N5O3S. The van der Waals surface area contributed by atoms with E-state index in [1.54, 1.807) is 11.8 Å². The highest BCUT2D eigenvalue weighted by Gasteiger charge is 2.36. The van der Waals surface area contributed by atoms with Crippen LogP contribution in [0.2, 0.25) is 0 Å². The number of anilines is 1. The molecule has 0 bridgehead atoms. The van der Waals surface area contributed by atoms with Crippen LogP contribution in [0, 0.1) is 12.3 Å². The van der Waals surface area contributed by atoms with Crippen molar-refractivity contribution in [2.75, 3.05) is 18.1 Å². The highest BCUT2D eigenvalue weighted by atomic mass is 32.2. The molecule has 0 spiro atoms. The summed E-state index contributed by atoms with van der Waals surface area (Å²) in [7, 11) is 0.